The molecule has 2 aliphatic rings. The van der Waals surface area contributed by atoms with Crippen LogP contribution < -0.4 is 4.90 Å². The maximum atomic E-state index is 12.8. The van der Waals surface area contributed by atoms with Gasteiger partial charge < -0.3 is 14.7 Å². The molecule has 0 saturated carbocycles. The number of ether oxygens (including phenoxy) is 1. The smallest absolute Gasteiger partial charge is 0.241 e. The van der Waals surface area contributed by atoms with Crippen molar-refractivity contribution >= 4 is 11.6 Å². The molecule has 0 radical (unpaired) electrons. The first-order valence-corrected chi connectivity index (χ1v) is 8.88. The Labute approximate surface area is 144 Å². The summed E-state index contributed by atoms with van der Waals surface area (Å²) in [5.41, 5.74) is 2.19. The number of amides is 1. The molecule has 132 valence electrons. The molecule has 1 N–H and O–H groups in total. The zero-order valence-corrected chi connectivity index (χ0v) is 14.5. The normalized spacial score (nSPS) is 24.2. The van der Waals surface area contributed by atoms with E-state index in [1.165, 1.54) is 5.56 Å². The lowest BCUT2D eigenvalue weighted by molar-refractivity contribution is -0.120. The SMILES string of the molecule is COCC[C@@]1(CO)CCCN(CC(=O)N2CCc3ccccc32)C1. The Hall–Kier alpha value is -1.43. The Balaban J connectivity index is 1.62. The minimum absolute atomic E-state index is 0.128. The van der Waals surface area contributed by atoms with Crippen molar-refractivity contribution in [2.45, 2.75) is 25.7 Å². The van der Waals surface area contributed by atoms with Crippen LogP contribution in [0.25, 0.3) is 0 Å². The molecule has 1 fully saturated rings. The quantitative estimate of drug-likeness (QED) is 0.861. The highest BCUT2D eigenvalue weighted by atomic mass is 16.5. The lowest BCUT2D eigenvalue weighted by Crippen LogP contribution is -2.49. The van der Waals surface area contributed by atoms with Crippen molar-refractivity contribution in [2.24, 2.45) is 5.41 Å². The minimum atomic E-state index is -0.128. The topological polar surface area (TPSA) is 53.0 Å². The van der Waals surface area contributed by atoms with Gasteiger partial charge in [-0.25, -0.2) is 0 Å². The lowest BCUT2D eigenvalue weighted by atomic mass is 9.78. The van der Waals surface area contributed by atoms with Gasteiger partial charge in [-0.3, -0.25) is 9.69 Å². The summed E-state index contributed by atoms with van der Waals surface area (Å²) in [7, 11) is 1.69. The summed E-state index contributed by atoms with van der Waals surface area (Å²) in [5, 5.41) is 9.88. The molecule has 1 amide bonds. The first-order valence-electron chi connectivity index (χ1n) is 8.88. The van der Waals surface area contributed by atoms with Crippen molar-refractivity contribution in [2.75, 3.05) is 51.4 Å². The highest BCUT2D eigenvalue weighted by molar-refractivity contribution is 5.96. The van der Waals surface area contributed by atoms with Crippen LogP contribution in [0.3, 0.4) is 0 Å². The Morgan fingerprint density at radius 1 is 1.33 bits per heavy atom. The van der Waals surface area contributed by atoms with Crippen LogP contribution in [0.5, 0.6) is 0 Å². The first kappa shape index (κ1) is 17.4. The summed E-state index contributed by atoms with van der Waals surface area (Å²) in [6.45, 7) is 3.73. The number of rotatable bonds is 6. The number of piperidine rings is 1. The monoisotopic (exact) mass is 332 g/mol. The molecule has 1 aromatic carbocycles. The van der Waals surface area contributed by atoms with Crippen LogP contribution in [0.15, 0.2) is 24.3 Å². The van der Waals surface area contributed by atoms with Gasteiger partial charge in [0.1, 0.15) is 0 Å². The number of hydrogen-bond donors (Lipinski definition) is 1. The third-order valence-corrected chi connectivity index (χ3v) is 5.46. The van der Waals surface area contributed by atoms with Gasteiger partial charge in [0.05, 0.1) is 13.2 Å². The van der Waals surface area contributed by atoms with Crippen LogP contribution in [-0.4, -0.2) is 62.4 Å². The van der Waals surface area contributed by atoms with E-state index in [0.717, 1.165) is 51.0 Å². The number of carbonyl (C=O) groups is 1. The zero-order chi connectivity index (χ0) is 17.0. The number of aliphatic hydroxyl groups is 1. The Bertz CT molecular complexity index is 577. The number of carbonyl (C=O) groups excluding carboxylic acids is 1. The molecule has 2 heterocycles. The molecular weight excluding hydrogens is 304 g/mol. The van der Waals surface area contributed by atoms with E-state index in [1.807, 2.05) is 23.1 Å². The van der Waals surface area contributed by atoms with Gasteiger partial charge in [-0.05, 0) is 43.9 Å². The number of methoxy groups -OCH3 is 1. The highest BCUT2D eigenvalue weighted by Crippen LogP contribution is 2.33. The number of anilines is 1. The van der Waals surface area contributed by atoms with Gasteiger partial charge >= 0.3 is 0 Å². The highest BCUT2D eigenvalue weighted by Gasteiger charge is 2.36. The van der Waals surface area contributed by atoms with Crippen molar-refractivity contribution < 1.29 is 14.6 Å². The molecule has 1 saturated heterocycles. The predicted octanol–water partition coefficient (Wildman–Crippen LogP) is 1.69. The van der Waals surface area contributed by atoms with E-state index in [2.05, 4.69) is 11.0 Å². The molecule has 0 spiro atoms. The Kier molecular flexibility index (Phi) is 5.54. The van der Waals surface area contributed by atoms with E-state index in [1.54, 1.807) is 7.11 Å². The lowest BCUT2D eigenvalue weighted by Gasteiger charge is -2.42. The maximum Gasteiger partial charge on any atom is 0.241 e. The number of nitrogens with zero attached hydrogens (tertiary/aromatic N) is 2. The summed E-state index contributed by atoms with van der Waals surface area (Å²) in [6.07, 6.45) is 3.81. The van der Waals surface area contributed by atoms with Crippen LogP contribution in [0, 0.1) is 5.41 Å². The van der Waals surface area contributed by atoms with Gasteiger partial charge in [0.2, 0.25) is 5.91 Å². The summed E-state index contributed by atoms with van der Waals surface area (Å²) < 4.78 is 5.20. The fourth-order valence-electron chi connectivity index (χ4n) is 4.05. The Morgan fingerprint density at radius 3 is 2.96 bits per heavy atom. The summed E-state index contributed by atoms with van der Waals surface area (Å²) >= 11 is 0. The van der Waals surface area contributed by atoms with Crippen LogP contribution in [0.1, 0.15) is 24.8 Å². The minimum Gasteiger partial charge on any atom is -0.396 e. The largest absolute Gasteiger partial charge is 0.396 e. The number of para-hydroxylation sites is 1. The van der Waals surface area contributed by atoms with Crippen LogP contribution in [0.4, 0.5) is 5.69 Å². The van der Waals surface area contributed by atoms with Gasteiger partial charge in [0.15, 0.2) is 0 Å². The second kappa shape index (κ2) is 7.64. The van der Waals surface area contributed by atoms with Gasteiger partial charge in [0.25, 0.3) is 0 Å². The van der Waals surface area contributed by atoms with E-state index in [-0.39, 0.29) is 17.9 Å². The number of likely N-dealkylation sites (tertiary alicyclic amines) is 1. The van der Waals surface area contributed by atoms with E-state index >= 15 is 0 Å². The summed E-state index contributed by atoms with van der Waals surface area (Å²) in [6, 6.07) is 8.16. The van der Waals surface area contributed by atoms with Gasteiger partial charge in [-0.2, -0.15) is 0 Å². The second-order valence-corrected chi connectivity index (χ2v) is 7.14. The number of benzene rings is 1. The number of fused-ring (bicyclic) bond motifs is 1. The van der Waals surface area contributed by atoms with Crippen molar-refractivity contribution in [3.63, 3.8) is 0 Å². The van der Waals surface area contributed by atoms with Gasteiger partial charge in [-0.1, -0.05) is 18.2 Å². The standard InChI is InChI=1S/C19H28N2O3/c1-24-12-9-19(15-22)8-4-10-20(14-19)13-18(23)21-11-7-16-5-2-3-6-17(16)21/h2-3,5-6,22H,4,7-15H2,1H3/t19-/m0/s1. The predicted molar refractivity (Wildman–Crippen MR) is 94.2 cm³/mol. The second-order valence-electron chi connectivity index (χ2n) is 7.14. The van der Waals surface area contributed by atoms with E-state index in [9.17, 15) is 9.90 Å². The van der Waals surface area contributed by atoms with E-state index < -0.39 is 0 Å². The van der Waals surface area contributed by atoms with E-state index in [0.29, 0.717) is 13.2 Å². The number of aliphatic hydroxyl groups excluding tert-OH is 1. The van der Waals surface area contributed by atoms with Crippen molar-refractivity contribution in [1.82, 2.24) is 4.90 Å². The molecule has 24 heavy (non-hydrogen) atoms. The Morgan fingerprint density at radius 2 is 2.17 bits per heavy atom. The van der Waals surface area contributed by atoms with Gasteiger partial charge in [0, 0.05) is 37.9 Å². The molecule has 0 unspecified atom stereocenters. The number of hydrogen-bond acceptors (Lipinski definition) is 4. The van der Waals surface area contributed by atoms with Gasteiger partial charge in [-0.15, -0.1) is 0 Å². The van der Waals surface area contributed by atoms with Crippen molar-refractivity contribution in [3.8, 4) is 0 Å². The summed E-state index contributed by atoms with van der Waals surface area (Å²) in [4.78, 5) is 16.9. The molecule has 5 heteroatoms. The molecule has 3 rings (SSSR count). The molecule has 0 aromatic heterocycles. The average Bonchev–Trinajstić information content (AvgIpc) is 3.04. The molecule has 0 aliphatic carbocycles. The molecule has 1 atom stereocenters. The van der Waals surface area contributed by atoms with E-state index in [4.69, 9.17) is 4.74 Å². The molecular formula is C19H28N2O3. The molecule has 5 nitrogen and oxygen atoms in total. The first-order chi connectivity index (χ1) is 11.7. The molecule has 2 aliphatic heterocycles. The zero-order valence-electron chi connectivity index (χ0n) is 14.5. The maximum absolute atomic E-state index is 12.8. The fourth-order valence-corrected chi connectivity index (χ4v) is 4.05. The molecule has 0 bridgehead atoms. The average molecular weight is 332 g/mol. The fraction of sp³-hybridized carbons (Fsp3) is 0.632. The van der Waals surface area contributed by atoms with Crippen LogP contribution >= 0.6 is 0 Å². The third kappa shape index (κ3) is 3.63. The van der Waals surface area contributed by atoms with Crippen LogP contribution in [-0.2, 0) is 16.0 Å². The molecule has 1 aromatic rings. The van der Waals surface area contributed by atoms with Crippen molar-refractivity contribution in [1.29, 1.82) is 0 Å². The van der Waals surface area contributed by atoms with Crippen molar-refractivity contribution in [3.05, 3.63) is 29.8 Å². The van der Waals surface area contributed by atoms with Crippen LogP contribution in [0.2, 0.25) is 0 Å². The third-order valence-electron chi connectivity index (χ3n) is 5.46. The summed E-state index contributed by atoms with van der Waals surface area (Å²) in [5.74, 6) is 0.167.